The first-order valence-corrected chi connectivity index (χ1v) is 5.50. The summed E-state index contributed by atoms with van der Waals surface area (Å²) in [5, 5.41) is 0. The zero-order chi connectivity index (χ0) is 12.2. The second kappa shape index (κ2) is 5.84. The van der Waals surface area contributed by atoms with Crippen LogP contribution >= 0.6 is 0 Å². The Bertz CT molecular complexity index is 207. The van der Waals surface area contributed by atoms with Gasteiger partial charge in [0, 0.05) is 19.7 Å². The molecule has 16 heavy (non-hydrogen) atoms. The van der Waals surface area contributed by atoms with Crippen molar-refractivity contribution in [2.24, 2.45) is 11.7 Å². The van der Waals surface area contributed by atoms with Crippen molar-refractivity contribution >= 4 is 0 Å². The van der Waals surface area contributed by atoms with E-state index in [1.54, 1.807) is 0 Å². The highest BCUT2D eigenvalue weighted by molar-refractivity contribution is 4.77. The summed E-state index contributed by atoms with van der Waals surface area (Å²) < 4.78 is 42.7. The highest BCUT2D eigenvalue weighted by Crippen LogP contribution is 2.28. The average molecular weight is 240 g/mol. The lowest BCUT2D eigenvalue weighted by atomic mass is 10.2. The monoisotopic (exact) mass is 240 g/mol. The quantitative estimate of drug-likeness (QED) is 0.680. The van der Waals surface area contributed by atoms with E-state index < -0.39 is 18.8 Å². The molecule has 0 bridgehead atoms. The average Bonchev–Trinajstić information content (AvgIpc) is 2.94. The smallest absolute Gasteiger partial charge is 0.380 e. The van der Waals surface area contributed by atoms with E-state index >= 15 is 0 Å². The van der Waals surface area contributed by atoms with Gasteiger partial charge in [0.1, 0.15) is 6.04 Å². The molecule has 1 saturated carbocycles. The highest BCUT2D eigenvalue weighted by atomic mass is 19.4. The molecule has 3 nitrogen and oxygen atoms in total. The number of hydrogen-bond donors (Lipinski definition) is 1. The number of nitrogens with two attached hydrogens (primary N) is 1. The van der Waals surface area contributed by atoms with Gasteiger partial charge >= 0.3 is 6.18 Å². The van der Waals surface area contributed by atoms with Crippen LogP contribution in [-0.2, 0) is 4.74 Å². The number of rotatable bonds is 7. The Morgan fingerprint density at radius 2 is 2.06 bits per heavy atom. The fraction of sp³-hybridized carbons (Fsp3) is 1.00. The number of nitrogens with zero attached hydrogens (tertiary/aromatic N) is 1. The molecule has 0 heterocycles. The van der Waals surface area contributed by atoms with Crippen LogP contribution in [0.1, 0.15) is 12.8 Å². The molecule has 1 aliphatic rings. The van der Waals surface area contributed by atoms with Gasteiger partial charge in [-0.2, -0.15) is 13.2 Å². The van der Waals surface area contributed by atoms with E-state index in [1.165, 1.54) is 24.8 Å². The third-order valence-corrected chi connectivity index (χ3v) is 2.77. The van der Waals surface area contributed by atoms with Gasteiger partial charge in [0.05, 0.1) is 6.61 Å². The molecule has 0 aromatic carbocycles. The summed E-state index contributed by atoms with van der Waals surface area (Å²) in [6, 6.07) is -1.57. The van der Waals surface area contributed by atoms with Crippen molar-refractivity contribution < 1.29 is 17.9 Å². The minimum Gasteiger partial charge on any atom is -0.380 e. The lowest BCUT2D eigenvalue weighted by Crippen LogP contribution is -2.49. The zero-order valence-electron chi connectivity index (χ0n) is 9.46. The molecule has 0 radical (unpaired) electrons. The lowest BCUT2D eigenvalue weighted by molar-refractivity contribution is -0.178. The SMILES string of the molecule is CN(CCOCC1CC1)C(CN)C(F)(F)F. The minimum absolute atomic E-state index is 0.258. The van der Waals surface area contributed by atoms with Gasteiger partial charge in [-0.15, -0.1) is 0 Å². The van der Waals surface area contributed by atoms with Gasteiger partial charge in [-0.3, -0.25) is 4.90 Å². The normalized spacial score (nSPS) is 19.1. The third kappa shape index (κ3) is 4.67. The molecule has 96 valence electrons. The molecule has 6 heteroatoms. The second-order valence-corrected chi connectivity index (χ2v) is 4.29. The molecule has 1 rings (SSSR count). The second-order valence-electron chi connectivity index (χ2n) is 4.29. The van der Waals surface area contributed by atoms with Crippen LogP contribution in [-0.4, -0.2) is 50.5 Å². The Hall–Kier alpha value is -0.330. The Morgan fingerprint density at radius 1 is 1.44 bits per heavy atom. The first-order chi connectivity index (χ1) is 7.45. The van der Waals surface area contributed by atoms with E-state index in [9.17, 15) is 13.2 Å². The van der Waals surface area contributed by atoms with Gasteiger partial charge in [0.25, 0.3) is 0 Å². The fourth-order valence-corrected chi connectivity index (χ4v) is 1.46. The molecule has 0 aromatic heterocycles. The summed E-state index contributed by atoms with van der Waals surface area (Å²) in [6.45, 7) is 0.851. The predicted molar refractivity (Wildman–Crippen MR) is 55.1 cm³/mol. The summed E-state index contributed by atoms with van der Waals surface area (Å²) in [4.78, 5) is 1.20. The lowest BCUT2D eigenvalue weighted by Gasteiger charge is -2.28. The maximum absolute atomic E-state index is 12.5. The van der Waals surface area contributed by atoms with Crippen LogP contribution in [0.25, 0.3) is 0 Å². The first kappa shape index (κ1) is 13.7. The zero-order valence-corrected chi connectivity index (χ0v) is 9.46. The summed E-state index contributed by atoms with van der Waals surface area (Å²) in [5.41, 5.74) is 5.12. The van der Waals surface area contributed by atoms with Crippen LogP contribution in [0.3, 0.4) is 0 Å². The van der Waals surface area contributed by atoms with Gasteiger partial charge < -0.3 is 10.5 Å². The first-order valence-electron chi connectivity index (χ1n) is 5.50. The number of hydrogen-bond acceptors (Lipinski definition) is 3. The number of halogens is 3. The highest BCUT2D eigenvalue weighted by Gasteiger charge is 2.41. The Morgan fingerprint density at radius 3 is 2.50 bits per heavy atom. The molecule has 0 amide bonds. The van der Waals surface area contributed by atoms with Gasteiger partial charge in [0.2, 0.25) is 0 Å². The maximum atomic E-state index is 12.5. The Labute approximate surface area is 93.7 Å². The van der Waals surface area contributed by atoms with Crippen LogP contribution in [0.2, 0.25) is 0 Å². The summed E-state index contributed by atoms with van der Waals surface area (Å²) in [7, 11) is 1.42. The third-order valence-electron chi connectivity index (χ3n) is 2.77. The van der Waals surface area contributed by atoms with E-state index in [4.69, 9.17) is 10.5 Å². The van der Waals surface area contributed by atoms with Crippen molar-refractivity contribution in [3.05, 3.63) is 0 Å². The molecule has 0 spiro atoms. The van der Waals surface area contributed by atoms with E-state index in [1.807, 2.05) is 0 Å². The molecular formula is C10H19F3N2O. The fourth-order valence-electron chi connectivity index (χ4n) is 1.46. The molecule has 0 aliphatic heterocycles. The standard InChI is InChI=1S/C10H19F3N2O/c1-15(9(6-14)10(11,12)13)4-5-16-7-8-2-3-8/h8-9H,2-7,14H2,1H3. The van der Waals surface area contributed by atoms with Gasteiger partial charge in [0.15, 0.2) is 0 Å². The Balaban J connectivity index is 2.17. The number of alkyl halides is 3. The van der Waals surface area contributed by atoms with E-state index in [-0.39, 0.29) is 6.54 Å². The van der Waals surface area contributed by atoms with Gasteiger partial charge in [-0.05, 0) is 25.8 Å². The summed E-state index contributed by atoms with van der Waals surface area (Å²) >= 11 is 0. The predicted octanol–water partition coefficient (Wildman–Crippen LogP) is 1.23. The molecule has 1 atom stereocenters. The van der Waals surface area contributed by atoms with Crippen LogP contribution < -0.4 is 5.73 Å². The van der Waals surface area contributed by atoms with Crippen LogP contribution in [0, 0.1) is 5.92 Å². The summed E-state index contributed by atoms with van der Waals surface area (Å²) in [6.07, 6.45) is -1.90. The van der Waals surface area contributed by atoms with E-state index in [0.717, 1.165) is 0 Å². The summed E-state index contributed by atoms with van der Waals surface area (Å²) in [5.74, 6) is 0.637. The topological polar surface area (TPSA) is 38.5 Å². The molecule has 0 saturated heterocycles. The Kier molecular flexibility index (Phi) is 5.01. The van der Waals surface area contributed by atoms with Crippen LogP contribution in [0.4, 0.5) is 13.2 Å². The molecule has 1 aliphatic carbocycles. The number of likely N-dealkylation sites (N-methyl/N-ethyl adjacent to an activating group) is 1. The van der Waals surface area contributed by atoms with Crippen molar-refractivity contribution in [1.82, 2.24) is 4.90 Å². The van der Waals surface area contributed by atoms with E-state index in [2.05, 4.69) is 0 Å². The minimum atomic E-state index is -4.26. The van der Waals surface area contributed by atoms with Crippen molar-refractivity contribution in [3.8, 4) is 0 Å². The molecular weight excluding hydrogens is 221 g/mol. The van der Waals surface area contributed by atoms with Crippen LogP contribution in [0.5, 0.6) is 0 Å². The molecule has 1 fully saturated rings. The molecule has 0 aromatic rings. The van der Waals surface area contributed by atoms with Crippen molar-refractivity contribution in [3.63, 3.8) is 0 Å². The maximum Gasteiger partial charge on any atom is 0.405 e. The van der Waals surface area contributed by atoms with Gasteiger partial charge in [-0.1, -0.05) is 0 Å². The number of ether oxygens (including phenoxy) is 1. The van der Waals surface area contributed by atoms with E-state index in [0.29, 0.717) is 19.1 Å². The van der Waals surface area contributed by atoms with Crippen molar-refractivity contribution in [2.45, 2.75) is 25.1 Å². The van der Waals surface area contributed by atoms with Gasteiger partial charge in [-0.25, -0.2) is 0 Å². The van der Waals surface area contributed by atoms with Crippen molar-refractivity contribution in [1.29, 1.82) is 0 Å². The molecule has 2 N–H and O–H groups in total. The largest absolute Gasteiger partial charge is 0.405 e. The van der Waals surface area contributed by atoms with Crippen LogP contribution in [0.15, 0.2) is 0 Å². The molecule has 1 unspecified atom stereocenters. The van der Waals surface area contributed by atoms with Crippen molar-refractivity contribution in [2.75, 3.05) is 33.4 Å².